The van der Waals surface area contributed by atoms with Crippen molar-refractivity contribution in [2.45, 2.75) is 18.6 Å². The molecular formula is C20H17F2N3O5S. The minimum Gasteiger partial charge on any atom is -0.461 e. The van der Waals surface area contributed by atoms with E-state index in [4.69, 9.17) is 9.15 Å². The standard InChI is InChI=1S/C20H17F2N3O5S/c1-11-16(18(31-2)25-17(23-11)14-8-5-9-28-14)19(27)29-10-15(26)24-12-6-3-4-7-13(12)30-20(21)22/h3-9,20H,10H2,1-2H3,(H,24,26). The largest absolute Gasteiger partial charge is 0.461 e. The number of benzene rings is 1. The molecule has 0 spiro atoms. The van der Waals surface area contributed by atoms with Gasteiger partial charge < -0.3 is 19.2 Å². The highest BCUT2D eigenvalue weighted by Gasteiger charge is 2.22. The summed E-state index contributed by atoms with van der Waals surface area (Å²) in [5.74, 6) is -0.964. The molecule has 11 heteroatoms. The van der Waals surface area contributed by atoms with Crippen molar-refractivity contribution in [3.8, 4) is 17.3 Å². The van der Waals surface area contributed by atoms with Crippen LogP contribution < -0.4 is 10.1 Å². The molecule has 0 saturated carbocycles. The van der Waals surface area contributed by atoms with E-state index in [2.05, 4.69) is 20.0 Å². The molecule has 0 aliphatic rings. The molecule has 0 aliphatic carbocycles. The number of alkyl halides is 2. The second-order valence-electron chi connectivity index (χ2n) is 5.99. The molecule has 3 rings (SSSR count). The summed E-state index contributed by atoms with van der Waals surface area (Å²) in [5.41, 5.74) is 0.500. The van der Waals surface area contributed by atoms with E-state index in [1.807, 2.05) is 0 Å². The summed E-state index contributed by atoms with van der Waals surface area (Å²) < 4.78 is 39.7. The van der Waals surface area contributed by atoms with Crippen LogP contribution in [-0.2, 0) is 9.53 Å². The topological polar surface area (TPSA) is 104 Å². The molecule has 8 nitrogen and oxygen atoms in total. The van der Waals surface area contributed by atoms with Gasteiger partial charge in [-0.15, -0.1) is 11.8 Å². The Bertz CT molecular complexity index is 1080. The number of ether oxygens (including phenoxy) is 2. The molecule has 1 aromatic carbocycles. The molecule has 1 amide bonds. The number of rotatable bonds is 8. The van der Waals surface area contributed by atoms with Crippen LogP contribution in [-0.4, -0.2) is 41.3 Å². The van der Waals surface area contributed by atoms with Crippen molar-refractivity contribution in [1.82, 2.24) is 9.97 Å². The molecule has 0 atom stereocenters. The zero-order valence-corrected chi connectivity index (χ0v) is 17.2. The van der Waals surface area contributed by atoms with Crippen LogP contribution in [0.2, 0.25) is 0 Å². The van der Waals surface area contributed by atoms with Gasteiger partial charge in [0.1, 0.15) is 16.3 Å². The maximum atomic E-state index is 12.6. The third-order valence-corrected chi connectivity index (χ3v) is 4.59. The number of para-hydroxylation sites is 2. The predicted octanol–water partition coefficient (Wildman–Crippen LogP) is 4.16. The van der Waals surface area contributed by atoms with Crippen LogP contribution in [0.15, 0.2) is 52.1 Å². The molecule has 0 saturated heterocycles. The normalized spacial score (nSPS) is 10.7. The molecule has 2 heterocycles. The summed E-state index contributed by atoms with van der Waals surface area (Å²) in [6.07, 6.45) is 3.22. The Morgan fingerprint density at radius 2 is 1.97 bits per heavy atom. The molecule has 0 bridgehead atoms. The lowest BCUT2D eigenvalue weighted by molar-refractivity contribution is -0.119. The number of hydrogen-bond donors (Lipinski definition) is 1. The van der Waals surface area contributed by atoms with Crippen LogP contribution >= 0.6 is 11.8 Å². The first-order valence-electron chi connectivity index (χ1n) is 8.86. The zero-order valence-electron chi connectivity index (χ0n) is 16.4. The lowest BCUT2D eigenvalue weighted by atomic mass is 10.2. The highest BCUT2D eigenvalue weighted by Crippen LogP contribution is 2.27. The smallest absolute Gasteiger partial charge is 0.387 e. The molecule has 0 unspecified atom stereocenters. The van der Waals surface area contributed by atoms with Crippen molar-refractivity contribution >= 4 is 29.3 Å². The highest BCUT2D eigenvalue weighted by molar-refractivity contribution is 7.98. The molecule has 1 N–H and O–H groups in total. The minimum absolute atomic E-state index is 0.0240. The lowest BCUT2D eigenvalue weighted by Crippen LogP contribution is -2.22. The minimum atomic E-state index is -3.05. The molecule has 3 aromatic rings. The number of esters is 1. The van der Waals surface area contributed by atoms with Crippen LogP contribution in [0.3, 0.4) is 0 Å². The van der Waals surface area contributed by atoms with Gasteiger partial charge in [0.05, 0.1) is 17.6 Å². The second-order valence-corrected chi connectivity index (χ2v) is 6.79. The fourth-order valence-electron chi connectivity index (χ4n) is 2.60. The van der Waals surface area contributed by atoms with Gasteiger partial charge >= 0.3 is 12.6 Å². The number of carbonyl (C=O) groups is 2. The van der Waals surface area contributed by atoms with Gasteiger partial charge in [-0.05, 0) is 37.4 Å². The SMILES string of the molecule is CSc1nc(-c2ccco2)nc(C)c1C(=O)OCC(=O)Nc1ccccc1OC(F)F. The Hall–Kier alpha value is -3.47. The number of furan rings is 1. The third kappa shape index (κ3) is 5.57. The number of nitrogens with zero attached hydrogens (tertiary/aromatic N) is 2. The maximum Gasteiger partial charge on any atom is 0.387 e. The molecule has 162 valence electrons. The van der Waals surface area contributed by atoms with Crippen LogP contribution in [0.25, 0.3) is 11.6 Å². The van der Waals surface area contributed by atoms with E-state index in [0.717, 1.165) is 0 Å². The van der Waals surface area contributed by atoms with E-state index in [9.17, 15) is 18.4 Å². The van der Waals surface area contributed by atoms with Gasteiger partial charge in [-0.1, -0.05) is 12.1 Å². The summed E-state index contributed by atoms with van der Waals surface area (Å²) in [4.78, 5) is 33.3. The molecular weight excluding hydrogens is 432 g/mol. The monoisotopic (exact) mass is 449 g/mol. The number of thioether (sulfide) groups is 1. The van der Waals surface area contributed by atoms with Crippen molar-refractivity contribution < 1.29 is 32.3 Å². The van der Waals surface area contributed by atoms with E-state index in [1.165, 1.54) is 42.3 Å². The first kappa shape index (κ1) is 22.2. The summed E-state index contributed by atoms with van der Waals surface area (Å²) >= 11 is 1.21. The van der Waals surface area contributed by atoms with Gasteiger partial charge in [0, 0.05) is 0 Å². The highest BCUT2D eigenvalue weighted by atomic mass is 32.2. The van der Waals surface area contributed by atoms with Crippen molar-refractivity contribution in [1.29, 1.82) is 0 Å². The van der Waals surface area contributed by atoms with Crippen molar-refractivity contribution in [3.05, 3.63) is 53.9 Å². The fraction of sp³-hybridized carbons (Fsp3) is 0.200. The number of carbonyl (C=O) groups excluding carboxylic acids is 2. The fourth-order valence-corrected chi connectivity index (χ4v) is 3.22. The molecule has 0 fully saturated rings. The van der Waals surface area contributed by atoms with E-state index in [-0.39, 0.29) is 17.0 Å². The number of anilines is 1. The van der Waals surface area contributed by atoms with Crippen LogP contribution in [0.4, 0.5) is 14.5 Å². The molecule has 0 radical (unpaired) electrons. The van der Waals surface area contributed by atoms with Crippen molar-refractivity contribution in [2.24, 2.45) is 0 Å². The van der Waals surface area contributed by atoms with Crippen LogP contribution in [0.1, 0.15) is 16.1 Å². The molecule has 31 heavy (non-hydrogen) atoms. The molecule has 0 aliphatic heterocycles. The summed E-state index contributed by atoms with van der Waals surface area (Å²) in [6.45, 7) is -2.08. The Morgan fingerprint density at radius 3 is 2.65 bits per heavy atom. The number of halogens is 2. The lowest BCUT2D eigenvalue weighted by Gasteiger charge is -2.13. The second kappa shape index (κ2) is 10.0. The summed E-state index contributed by atoms with van der Waals surface area (Å²) in [7, 11) is 0. The summed E-state index contributed by atoms with van der Waals surface area (Å²) in [6, 6.07) is 9.06. The maximum absolute atomic E-state index is 12.6. The van der Waals surface area contributed by atoms with E-state index in [0.29, 0.717) is 22.3 Å². The van der Waals surface area contributed by atoms with Crippen LogP contribution in [0, 0.1) is 6.92 Å². The quantitative estimate of drug-likeness (QED) is 0.311. The predicted molar refractivity (Wildman–Crippen MR) is 108 cm³/mol. The Morgan fingerprint density at radius 1 is 1.19 bits per heavy atom. The zero-order chi connectivity index (χ0) is 22.4. The number of nitrogens with one attached hydrogen (secondary N) is 1. The van der Waals surface area contributed by atoms with E-state index < -0.39 is 25.1 Å². The summed E-state index contributed by atoms with van der Waals surface area (Å²) in [5, 5.41) is 2.73. The Labute approximate surface area is 180 Å². The van der Waals surface area contributed by atoms with Gasteiger partial charge in [-0.25, -0.2) is 14.8 Å². The average molecular weight is 449 g/mol. The Balaban J connectivity index is 1.69. The van der Waals surface area contributed by atoms with Gasteiger partial charge in [0.15, 0.2) is 18.2 Å². The van der Waals surface area contributed by atoms with Crippen molar-refractivity contribution in [3.63, 3.8) is 0 Å². The van der Waals surface area contributed by atoms with Crippen molar-refractivity contribution in [2.75, 3.05) is 18.2 Å². The number of aryl methyl sites for hydroxylation is 1. The average Bonchev–Trinajstić information content (AvgIpc) is 3.27. The number of hydrogen-bond acceptors (Lipinski definition) is 8. The Kier molecular flexibility index (Phi) is 7.19. The van der Waals surface area contributed by atoms with Gasteiger partial charge in [0.25, 0.3) is 5.91 Å². The first-order valence-corrected chi connectivity index (χ1v) is 10.1. The number of aromatic nitrogens is 2. The van der Waals surface area contributed by atoms with E-state index in [1.54, 1.807) is 25.3 Å². The third-order valence-electron chi connectivity index (χ3n) is 3.91. The van der Waals surface area contributed by atoms with Gasteiger partial charge in [-0.2, -0.15) is 8.78 Å². The van der Waals surface area contributed by atoms with E-state index >= 15 is 0 Å². The van der Waals surface area contributed by atoms with Crippen LogP contribution in [0.5, 0.6) is 5.75 Å². The van der Waals surface area contributed by atoms with Gasteiger partial charge in [-0.3, -0.25) is 4.79 Å². The number of amides is 1. The molecule has 2 aromatic heterocycles. The first-order chi connectivity index (χ1) is 14.9. The van der Waals surface area contributed by atoms with Gasteiger partial charge in [0.2, 0.25) is 0 Å².